The minimum Gasteiger partial charge on any atom is -0.321 e. The highest BCUT2D eigenvalue weighted by Gasteiger charge is 2.26. The van der Waals surface area contributed by atoms with Gasteiger partial charge in [-0.2, -0.15) is 5.10 Å². The van der Waals surface area contributed by atoms with Gasteiger partial charge in [0.05, 0.1) is 5.75 Å². The topological polar surface area (TPSA) is 58.7 Å². The van der Waals surface area contributed by atoms with Crippen LogP contribution in [0.5, 0.6) is 0 Å². The number of carbonyl (C=O) groups excluding carboxylic acids is 1. The lowest BCUT2D eigenvalue weighted by molar-refractivity contribution is -0.123. The maximum atomic E-state index is 11.1. The second-order valence-corrected chi connectivity index (χ2v) is 2.94. The summed E-state index contributed by atoms with van der Waals surface area (Å²) in [5, 5.41) is 4.05. The molecule has 0 bridgehead atoms. The molecule has 0 aromatic heterocycles. The third-order valence-corrected chi connectivity index (χ3v) is 2.25. The molecule has 1 rings (SSSR count). The molecule has 0 aromatic rings. The lowest BCUT2D eigenvalue weighted by Crippen LogP contribution is -2.30. The van der Waals surface area contributed by atoms with E-state index < -0.39 is 0 Å². The number of amidine groups is 1. The summed E-state index contributed by atoms with van der Waals surface area (Å²) in [6, 6.07) is 0. The van der Waals surface area contributed by atoms with Crippen molar-refractivity contribution in [1.82, 2.24) is 4.90 Å². The Morgan fingerprint density at radius 1 is 1.91 bits per heavy atom. The molecule has 1 amide bonds. The van der Waals surface area contributed by atoms with E-state index in [1.54, 1.807) is 6.08 Å². The van der Waals surface area contributed by atoms with E-state index in [0.717, 1.165) is 0 Å². The normalized spacial score (nSPS) is 21.3. The molecule has 0 radical (unpaired) electrons. The summed E-state index contributed by atoms with van der Waals surface area (Å²) in [5.74, 6) is 5.53. The van der Waals surface area contributed by atoms with Gasteiger partial charge in [0, 0.05) is 6.54 Å². The molecular weight excluding hydrogens is 162 g/mol. The fraction of sp³-hybridized carbons (Fsp3) is 0.333. The Kier molecular flexibility index (Phi) is 2.53. The zero-order valence-electron chi connectivity index (χ0n) is 5.99. The van der Waals surface area contributed by atoms with Gasteiger partial charge in [0.1, 0.15) is 0 Å². The Balaban J connectivity index is 2.71. The maximum Gasteiger partial charge on any atom is 0.239 e. The van der Waals surface area contributed by atoms with Crippen LogP contribution in [0.15, 0.2) is 17.8 Å². The molecule has 4 nitrogen and oxygen atoms in total. The average molecular weight is 171 g/mol. The lowest BCUT2D eigenvalue weighted by Gasteiger charge is -2.11. The minimum absolute atomic E-state index is 0.0408. The molecule has 1 aliphatic rings. The second kappa shape index (κ2) is 3.43. The molecule has 0 aromatic carbocycles. The van der Waals surface area contributed by atoms with Crippen LogP contribution in [0, 0.1) is 0 Å². The van der Waals surface area contributed by atoms with Gasteiger partial charge in [-0.1, -0.05) is 17.8 Å². The van der Waals surface area contributed by atoms with Gasteiger partial charge in [-0.3, -0.25) is 9.69 Å². The number of nitrogens with zero attached hydrogens (tertiary/aromatic N) is 2. The van der Waals surface area contributed by atoms with Crippen LogP contribution in [0.4, 0.5) is 0 Å². The molecule has 0 unspecified atom stereocenters. The second-order valence-electron chi connectivity index (χ2n) is 1.99. The molecular formula is C6H9N3OS. The first kappa shape index (κ1) is 8.13. The van der Waals surface area contributed by atoms with Crippen LogP contribution in [0.2, 0.25) is 0 Å². The SMILES string of the molecule is C=CCN1C(=O)CS/C1=N\N. The molecule has 0 saturated carbocycles. The molecule has 0 spiro atoms. The Hall–Kier alpha value is -0.970. The molecule has 2 N–H and O–H groups in total. The molecule has 5 heteroatoms. The number of nitrogens with two attached hydrogens (primary N) is 1. The molecule has 1 heterocycles. The van der Waals surface area contributed by atoms with Gasteiger partial charge in [0.2, 0.25) is 5.91 Å². The predicted molar refractivity (Wildman–Crippen MR) is 46.0 cm³/mol. The van der Waals surface area contributed by atoms with Gasteiger partial charge in [0.15, 0.2) is 5.17 Å². The fourth-order valence-electron chi connectivity index (χ4n) is 0.805. The first-order chi connectivity index (χ1) is 5.29. The molecule has 0 atom stereocenters. The van der Waals surface area contributed by atoms with Crippen molar-refractivity contribution in [3.63, 3.8) is 0 Å². The molecule has 60 valence electrons. The minimum atomic E-state index is 0.0408. The zero-order chi connectivity index (χ0) is 8.27. The van der Waals surface area contributed by atoms with Gasteiger partial charge in [-0.05, 0) is 0 Å². The van der Waals surface area contributed by atoms with Crippen LogP contribution in [0.1, 0.15) is 0 Å². The quantitative estimate of drug-likeness (QED) is 0.361. The van der Waals surface area contributed by atoms with Crippen LogP contribution in [-0.4, -0.2) is 28.3 Å². The summed E-state index contributed by atoms with van der Waals surface area (Å²) in [4.78, 5) is 12.6. The van der Waals surface area contributed by atoms with Crippen molar-refractivity contribution in [2.75, 3.05) is 12.3 Å². The molecule has 1 fully saturated rings. The number of thioether (sulfide) groups is 1. The van der Waals surface area contributed by atoms with Gasteiger partial charge in [-0.15, -0.1) is 6.58 Å². The number of hydrazone groups is 1. The Morgan fingerprint density at radius 2 is 2.64 bits per heavy atom. The van der Waals surface area contributed by atoms with E-state index in [4.69, 9.17) is 5.84 Å². The van der Waals surface area contributed by atoms with Gasteiger partial charge in [0.25, 0.3) is 0 Å². The highest BCUT2D eigenvalue weighted by atomic mass is 32.2. The standard InChI is InChI=1S/C6H9N3OS/c1-2-3-9-5(10)4-11-6(9)8-7/h2H,1,3-4,7H2/b8-6-. The van der Waals surface area contributed by atoms with Crippen molar-refractivity contribution < 1.29 is 4.79 Å². The van der Waals surface area contributed by atoms with Crippen LogP contribution in [0.25, 0.3) is 0 Å². The van der Waals surface area contributed by atoms with Crippen molar-refractivity contribution in [3.8, 4) is 0 Å². The summed E-state index contributed by atoms with van der Waals surface area (Å²) in [6.45, 7) is 4.02. The lowest BCUT2D eigenvalue weighted by atomic mass is 10.5. The summed E-state index contributed by atoms with van der Waals surface area (Å²) < 4.78 is 0. The van der Waals surface area contributed by atoms with Gasteiger partial charge >= 0.3 is 0 Å². The van der Waals surface area contributed by atoms with Crippen molar-refractivity contribution in [2.45, 2.75) is 0 Å². The number of carbonyl (C=O) groups is 1. The van der Waals surface area contributed by atoms with Gasteiger partial charge in [-0.25, -0.2) is 0 Å². The highest BCUT2D eigenvalue weighted by Crippen LogP contribution is 2.17. The number of hydrogen-bond donors (Lipinski definition) is 1. The summed E-state index contributed by atoms with van der Waals surface area (Å²) >= 11 is 1.35. The van der Waals surface area contributed by atoms with E-state index in [2.05, 4.69) is 11.7 Å². The van der Waals surface area contributed by atoms with E-state index >= 15 is 0 Å². The number of amides is 1. The average Bonchev–Trinajstić information content (AvgIpc) is 2.34. The number of hydrogen-bond acceptors (Lipinski definition) is 4. The monoisotopic (exact) mass is 171 g/mol. The number of rotatable bonds is 2. The van der Waals surface area contributed by atoms with Crippen LogP contribution < -0.4 is 5.84 Å². The van der Waals surface area contributed by atoms with E-state index in [0.29, 0.717) is 17.5 Å². The first-order valence-corrected chi connectivity index (χ1v) is 4.10. The van der Waals surface area contributed by atoms with Crippen molar-refractivity contribution >= 4 is 22.8 Å². The van der Waals surface area contributed by atoms with Gasteiger partial charge < -0.3 is 5.84 Å². The Bertz CT molecular complexity index is 214. The molecule has 1 saturated heterocycles. The summed E-state index contributed by atoms with van der Waals surface area (Å²) in [7, 11) is 0. The van der Waals surface area contributed by atoms with E-state index in [1.165, 1.54) is 16.7 Å². The van der Waals surface area contributed by atoms with E-state index in [9.17, 15) is 4.79 Å². The first-order valence-electron chi connectivity index (χ1n) is 3.11. The summed E-state index contributed by atoms with van der Waals surface area (Å²) in [5.41, 5.74) is 0. The molecule has 0 aliphatic carbocycles. The zero-order valence-corrected chi connectivity index (χ0v) is 6.80. The smallest absolute Gasteiger partial charge is 0.239 e. The van der Waals surface area contributed by atoms with Crippen molar-refractivity contribution in [2.24, 2.45) is 10.9 Å². The molecule has 11 heavy (non-hydrogen) atoms. The highest BCUT2D eigenvalue weighted by molar-refractivity contribution is 8.15. The van der Waals surface area contributed by atoms with Crippen LogP contribution in [-0.2, 0) is 4.79 Å². The molecule has 1 aliphatic heterocycles. The third-order valence-electron chi connectivity index (χ3n) is 1.28. The van der Waals surface area contributed by atoms with Crippen molar-refractivity contribution in [1.29, 1.82) is 0 Å². The van der Waals surface area contributed by atoms with Crippen LogP contribution >= 0.6 is 11.8 Å². The summed E-state index contributed by atoms with van der Waals surface area (Å²) in [6.07, 6.45) is 1.65. The fourth-order valence-corrected chi connectivity index (χ4v) is 1.62. The predicted octanol–water partition coefficient (Wildman–Crippen LogP) is -0.0225. The largest absolute Gasteiger partial charge is 0.321 e. The Labute approximate surface area is 69.1 Å². The van der Waals surface area contributed by atoms with Crippen LogP contribution in [0.3, 0.4) is 0 Å². The van der Waals surface area contributed by atoms with E-state index in [-0.39, 0.29) is 5.91 Å². The third kappa shape index (κ3) is 1.54. The maximum absolute atomic E-state index is 11.1. The Morgan fingerprint density at radius 3 is 3.18 bits per heavy atom. The van der Waals surface area contributed by atoms with Crippen molar-refractivity contribution in [3.05, 3.63) is 12.7 Å². The van der Waals surface area contributed by atoms with E-state index in [1.807, 2.05) is 0 Å².